The summed E-state index contributed by atoms with van der Waals surface area (Å²) in [5.41, 5.74) is 1.95. The number of carbonyl (C=O) groups excluding carboxylic acids is 1. The number of ether oxygens (including phenoxy) is 1. The minimum atomic E-state index is 0.111. The molecule has 1 amide bonds. The fraction of sp³-hybridized carbons (Fsp3) is 0.611. The van der Waals surface area contributed by atoms with Crippen LogP contribution in [0.4, 0.5) is 5.69 Å². The highest BCUT2D eigenvalue weighted by atomic mass is 16.5. The molecular formula is C18H28N2O2. The van der Waals surface area contributed by atoms with Crippen molar-refractivity contribution in [3.8, 4) is 0 Å². The maximum absolute atomic E-state index is 12.2. The summed E-state index contributed by atoms with van der Waals surface area (Å²) in [6.45, 7) is 7.62. The smallest absolute Gasteiger partial charge is 0.224 e. The van der Waals surface area contributed by atoms with E-state index in [4.69, 9.17) is 4.74 Å². The van der Waals surface area contributed by atoms with Crippen molar-refractivity contribution in [3.63, 3.8) is 0 Å². The topological polar surface area (TPSA) is 50.4 Å². The molecule has 1 atom stereocenters. The highest BCUT2D eigenvalue weighted by Crippen LogP contribution is 2.24. The van der Waals surface area contributed by atoms with Crippen LogP contribution in [0.1, 0.15) is 38.7 Å². The summed E-state index contributed by atoms with van der Waals surface area (Å²) in [7, 11) is 0. The second kappa shape index (κ2) is 8.91. The molecule has 0 bridgehead atoms. The normalized spacial score (nSPS) is 17.2. The van der Waals surface area contributed by atoms with E-state index >= 15 is 0 Å². The molecular weight excluding hydrogens is 276 g/mol. The van der Waals surface area contributed by atoms with Crippen molar-refractivity contribution in [2.24, 2.45) is 11.8 Å². The second-order valence-electron chi connectivity index (χ2n) is 6.15. The number of rotatable bonds is 7. The Kier molecular flexibility index (Phi) is 6.87. The van der Waals surface area contributed by atoms with E-state index in [1.54, 1.807) is 0 Å². The Labute approximate surface area is 133 Å². The van der Waals surface area contributed by atoms with Crippen LogP contribution in [0.5, 0.6) is 0 Å². The van der Waals surface area contributed by atoms with Gasteiger partial charge in [-0.1, -0.05) is 19.1 Å². The van der Waals surface area contributed by atoms with E-state index in [1.165, 1.54) is 12.8 Å². The van der Waals surface area contributed by atoms with Crippen molar-refractivity contribution >= 4 is 11.6 Å². The van der Waals surface area contributed by atoms with E-state index in [2.05, 4.69) is 17.6 Å². The summed E-state index contributed by atoms with van der Waals surface area (Å²) in [4.78, 5) is 12.2. The fourth-order valence-electron chi connectivity index (χ4n) is 3.04. The lowest BCUT2D eigenvalue weighted by Gasteiger charge is -2.27. The van der Waals surface area contributed by atoms with Gasteiger partial charge in [0.1, 0.15) is 0 Å². The number of nitrogens with one attached hydrogen (secondary N) is 2. The largest absolute Gasteiger partial charge is 0.377 e. The van der Waals surface area contributed by atoms with Gasteiger partial charge in [0, 0.05) is 18.7 Å². The molecule has 1 aliphatic heterocycles. The quantitative estimate of drug-likeness (QED) is 0.813. The van der Waals surface area contributed by atoms with E-state index in [-0.39, 0.29) is 5.91 Å². The second-order valence-corrected chi connectivity index (χ2v) is 6.15. The van der Waals surface area contributed by atoms with Crippen molar-refractivity contribution in [2.45, 2.75) is 39.7 Å². The van der Waals surface area contributed by atoms with Crippen LogP contribution >= 0.6 is 0 Å². The van der Waals surface area contributed by atoms with Gasteiger partial charge in [0.2, 0.25) is 5.91 Å². The third-order valence-corrected chi connectivity index (χ3v) is 4.38. The molecule has 1 aromatic carbocycles. The van der Waals surface area contributed by atoms with Gasteiger partial charge in [-0.15, -0.1) is 0 Å². The van der Waals surface area contributed by atoms with Crippen LogP contribution in [0.3, 0.4) is 0 Å². The predicted octanol–water partition coefficient (Wildman–Crippen LogP) is 3.19. The zero-order valence-corrected chi connectivity index (χ0v) is 13.7. The monoisotopic (exact) mass is 304 g/mol. The summed E-state index contributed by atoms with van der Waals surface area (Å²) in [6, 6.07) is 7.90. The number of carbonyl (C=O) groups is 1. The molecule has 2 rings (SSSR count). The maximum Gasteiger partial charge on any atom is 0.224 e. The van der Waals surface area contributed by atoms with Crippen molar-refractivity contribution in [1.82, 2.24) is 5.32 Å². The van der Waals surface area contributed by atoms with E-state index in [0.29, 0.717) is 31.5 Å². The lowest BCUT2D eigenvalue weighted by atomic mass is 9.84. The minimum absolute atomic E-state index is 0.111. The molecule has 1 heterocycles. The molecule has 0 spiro atoms. The number of anilines is 1. The van der Waals surface area contributed by atoms with Crippen LogP contribution in [-0.4, -0.2) is 25.6 Å². The third-order valence-electron chi connectivity index (χ3n) is 4.38. The van der Waals surface area contributed by atoms with Gasteiger partial charge in [0.25, 0.3) is 0 Å². The molecule has 122 valence electrons. The molecule has 0 aromatic heterocycles. The molecule has 0 aliphatic carbocycles. The highest BCUT2D eigenvalue weighted by molar-refractivity contribution is 5.90. The van der Waals surface area contributed by atoms with Gasteiger partial charge < -0.3 is 15.4 Å². The Balaban J connectivity index is 1.83. The van der Waals surface area contributed by atoms with Crippen LogP contribution in [0.2, 0.25) is 0 Å². The minimum Gasteiger partial charge on any atom is -0.377 e. The zero-order chi connectivity index (χ0) is 15.8. The number of hydrogen-bond donors (Lipinski definition) is 2. The van der Waals surface area contributed by atoms with Crippen molar-refractivity contribution < 1.29 is 9.53 Å². The molecule has 1 aromatic rings. The number of benzene rings is 1. The summed E-state index contributed by atoms with van der Waals surface area (Å²) in [6.07, 6.45) is 2.96. The molecule has 22 heavy (non-hydrogen) atoms. The Morgan fingerprint density at radius 3 is 2.91 bits per heavy atom. The van der Waals surface area contributed by atoms with E-state index in [0.717, 1.165) is 24.3 Å². The summed E-state index contributed by atoms with van der Waals surface area (Å²) in [5.74, 6) is 1.21. The van der Waals surface area contributed by atoms with Gasteiger partial charge in [-0.25, -0.2) is 0 Å². The molecule has 1 fully saturated rings. The Bertz CT molecular complexity index is 470. The van der Waals surface area contributed by atoms with E-state index < -0.39 is 0 Å². The van der Waals surface area contributed by atoms with Gasteiger partial charge in [0.15, 0.2) is 0 Å². The van der Waals surface area contributed by atoms with Crippen LogP contribution in [0.25, 0.3) is 0 Å². The standard InChI is InChI=1S/C18H28N2O2/c1-3-22-13-15-5-4-6-17(12-15)20-18(21)11-14(2)16-7-9-19-10-8-16/h4-6,12,14,16,19H,3,7-11,13H2,1-2H3,(H,20,21). The first-order valence-electron chi connectivity index (χ1n) is 8.36. The summed E-state index contributed by atoms with van der Waals surface area (Å²) in [5, 5.41) is 6.39. The maximum atomic E-state index is 12.2. The number of amides is 1. The molecule has 0 saturated carbocycles. The van der Waals surface area contributed by atoms with Gasteiger partial charge in [-0.2, -0.15) is 0 Å². The summed E-state index contributed by atoms with van der Waals surface area (Å²) >= 11 is 0. The Morgan fingerprint density at radius 1 is 1.41 bits per heavy atom. The lowest BCUT2D eigenvalue weighted by Crippen LogP contribution is -2.32. The van der Waals surface area contributed by atoms with Crippen LogP contribution in [-0.2, 0) is 16.1 Å². The van der Waals surface area contributed by atoms with E-state index in [1.807, 2.05) is 31.2 Å². The number of hydrogen-bond acceptors (Lipinski definition) is 3. The van der Waals surface area contributed by atoms with Gasteiger partial charge in [-0.3, -0.25) is 4.79 Å². The van der Waals surface area contributed by atoms with Crippen molar-refractivity contribution in [3.05, 3.63) is 29.8 Å². The summed E-state index contributed by atoms with van der Waals surface area (Å²) < 4.78 is 5.40. The number of piperidine rings is 1. The van der Waals surface area contributed by atoms with Crippen LogP contribution < -0.4 is 10.6 Å². The molecule has 1 aliphatic rings. The zero-order valence-electron chi connectivity index (χ0n) is 13.7. The molecule has 2 N–H and O–H groups in total. The third kappa shape index (κ3) is 5.43. The first-order valence-corrected chi connectivity index (χ1v) is 8.36. The average molecular weight is 304 g/mol. The van der Waals surface area contributed by atoms with Crippen LogP contribution in [0.15, 0.2) is 24.3 Å². The molecule has 4 nitrogen and oxygen atoms in total. The first-order chi connectivity index (χ1) is 10.7. The van der Waals surface area contributed by atoms with Crippen LogP contribution in [0, 0.1) is 11.8 Å². The molecule has 0 radical (unpaired) electrons. The van der Waals surface area contributed by atoms with Gasteiger partial charge >= 0.3 is 0 Å². The lowest BCUT2D eigenvalue weighted by molar-refractivity contribution is -0.117. The van der Waals surface area contributed by atoms with Gasteiger partial charge in [-0.05, 0) is 62.4 Å². The van der Waals surface area contributed by atoms with E-state index in [9.17, 15) is 4.79 Å². The molecule has 4 heteroatoms. The van der Waals surface area contributed by atoms with Crippen molar-refractivity contribution in [1.29, 1.82) is 0 Å². The highest BCUT2D eigenvalue weighted by Gasteiger charge is 2.21. The van der Waals surface area contributed by atoms with Crippen molar-refractivity contribution in [2.75, 3.05) is 25.0 Å². The SMILES string of the molecule is CCOCc1cccc(NC(=O)CC(C)C2CCNCC2)c1. The van der Waals surface area contributed by atoms with Gasteiger partial charge in [0.05, 0.1) is 6.61 Å². The Hall–Kier alpha value is -1.39. The molecule has 1 unspecified atom stereocenters. The fourth-order valence-corrected chi connectivity index (χ4v) is 3.04. The predicted molar refractivity (Wildman–Crippen MR) is 89.8 cm³/mol. The average Bonchev–Trinajstić information content (AvgIpc) is 2.54. The molecule has 1 saturated heterocycles. The Morgan fingerprint density at radius 2 is 2.18 bits per heavy atom. The first kappa shape index (κ1) is 17.0.